The van der Waals surface area contributed by atoms with E-state index in [2.05, 4.69) is 10.0 Å². The van der Waals surface area contributed by atoms with Crippen LogP contribution in [0.1, 0.15) is 6.42 Å². The van der Waals surface area contributed by atoms with Gasteiger partial charge < -0.3 is 10.1 Å². The molecule has 0 saturated heterocycles. The fourth-order valence-electron chi connectivity index (χ4n) is 1.87. The third-order valence-corrected chi connectivity index (χ3v) is 4.43. The molecule has 0 saturated carbocycles. The minimum Gasteiger partial charge on any atom is -0.497 e. The second kappa shape index (κ2) is 7.48. The van der Waals surface area contributed by atoms with Crippen molar-refractivity contribution in [3.8, 4) is 11.8 Å². The van der Waals surface area contributed by atoms with Crippen LogP contribution in [-0.4, -0.2) is 21.4 Å². The summed E-state index contributed by atoms with van der Waals surface area (Å²) in [5.74, 6) is 0.167. The highest BCUT2D eigenvalue weighted by atomic mass is 32.2. The molecule has 0 unspecified atom stereocenters. The molecule has 0 radical (unpaired) electrons. The largest absolute Gasteiger partial charge is 0.497 e. The molecule has 124 valence electrons. The summed E-state index contributed by atoms with van der Waals surface area (Å²) in [5.41, 5.74) is 0.820. The summed E-state index contributed by atoms with van der Waals surface area (Å²) >= 11 is 0. The smallest absolute Gasteiger partial charge is 0.261 e. The number of benzene rings is 2. The van der Waals surface area contributed by atoms with Crippen molar-refractivity contribution < 1.29 is 17.9 Å². The molecule has 2 N–H and O–H groups in total. The molecule has 0 bridgehead atoms. The Hall–Kier alpha value is -3.05. The average molecular weight is 345 g/mol. The van der Waals surface area contributed by atoms with E-state index >= 15 is 0 Å². The maximum Gasteiger partial charge on any atom is 0.261 e. The number of carbonyl (C=O) groups excluding carboxylic acids is 1. The molecular formula is C16H15N3O4S. The second-order valence-electron chi connectivity index (χ2n) is 4.74. The van der Waals surface area contributed by atoms with Crippen LogP contribution in [0.3, 0.4) is 0 Å². The van der Waals surface area contributed by atoms with Gasteiger partial charge in [0.1, 0.15) is 12.2 Å². The van der Waals surface area contributed by atoms with Gasteiger partial charge in [0.2, 0.25) is 5.91 Å². The van der Waals surface area contributed by atoms with Crippen molar-refractivity contribution in [3.05, 3.63) is 48.5 Å². The fourth-order valence-corrected chi connectivity index (χ4v) is 2.93. The number of nitriles is 1. The molecule has 0 heterocycles. The van der Waals surface area contributed by atoms with Crippen LogP contribution in [0.15, 0.2) is 53.4 Å². The van der Waals surface area contributed by atoms with Crippen molar-refractivity contribution in [3.63, 3.8) is 0 Å². The number of carbonyl (C=O) groups is 1. The van der Waals surface area contributed by atoms with Crippen molar-refractivity contribution in [2.75, 3.05) is 17.1 Å². The Labute approximate surface area is 139 Å². The van der Waals surface area contributed by atoms with E-state index in [-0.39, 0.29) is 11.3 Å². The Morgan fingerprint density at radius 2 is 1.67 bits per heavy atom. The zero-order valence-electron chi connectivity index (χ0n) is 12.8. The highest BCUT2D eigenvalue weighted by Crippen LogP contribution is 2.20. The molecule has 24 heavy (non-hydrogen) atoms. The van der Waals surface area contributed by atoms with Crippen LogP contribution in [0.25, 0.3) is 0 Å². The predicted molar refractivity (Wildman–Crippen MR) is 89.1 cm³/mol. The predicted octanol–water partition coefficient (Wildman–Crippen LogP) is 2.35. The van der Waals surface area contributed by atoms with Crippen molar-refractivity contribution >= 4 is 27.3 Å². The number of ether oxygens (including phenoxy) is 1. The second-order valence-corrected chi connectivity index (χ2v) is 6.42. The van der Waals surface area contributed by atoms with E-state index < -0.39 is 15.9 Å². The van der Waals surface area contributed by atoms with E-state index in [0.29, 0.717) is 17.1 Å². The monoisotopic (exact) mass is 345 g/mol. The average Bonchev–Trinajstić information content (AvgIpc) is 2.56. The van der Waals surface area contributed by atoms with E-state index in [0.717, 1.165) is 0 Å². The summed E-state index contributed by atoms with van der Waals surface area (Å²) in [6.07, 6.45) is -0.265. The normalized spacial score (nSPS) is 10.5. The lowest BCUT2D eigenvalue weighted by Gasteiger charge is -2.09. The van der Waals surface area contributed by atoms with Gasteiger partial charge in [-0.05, 0) is 48.5 Å². The zero-order valence-corrected chi connectivity index (χ0v) is 13.6. The van der Waals surface area contributed by atoms with Gasteiger partial charge in [0.15, 0.2) is 0 Å². The van der Waals surface area contributed by atoms with Gasteiger partial charge in [-0.2, -0.15) is 5.26 Å². The van der Waals surface area contributed by atoms with Crippen LogP contribution in [-0.2, 0) is 14.8 Å². The third kappa shape index (κ3) is 4.47. The first-order valence-corrected chi connectivity index (χ1v) is 8.36. The van der Waals surface area contributed by atoms with E-state index in [9.17, 15) is 13.2 Å². The third-order valence-electron chi connectivity index (χ3n) is 3.03. The van der Waals surface area contributed by atoms with Crippen molar-refractivity contribution in [2.45, 2.75) is 11.3 Å². The summed E-state index contributed by atoms with van der Waals surface area (Å²) in [5, 5.41) is 10.9. The molecule has 1 amide bonds. The molecule has 0 fully saturated rings. The number of sulfonamides is 1. The Kier molecular flexibility index (Phi) is 5.39. The number of anilines is 2. The van der Waals surface area contributed by atoms with Gasteiger partial charge in [0.25, 0.3) is 10.0 Å². The SMILES string of the molecule is COc1ccc(NS(=O)(=O)c2ccc(NC(=O)CC#N)cc2)cc1. The number of hydrogen-bond donors (Lipinski definition) is 2. The van der Waals surface area contributed by atoms with Crippen LogP contribution in [0.4, 0.5) is 11.4 Å². The van der Waals surface area contributed by atoms with Gasteiger partial charge in [-0.3, -0.25) is 9.52 Å². The zero-order chi connectivity index (χ0) is 17.6. The lowest BCUT2D eigenvalue weighted by molar-refractivity contribution is -0.115. The topological polar surface area (TPSA) is 108 Å². The fraction of sp³-hybridized carbons (Fsp3) is 0.125. The molecule has 0 aliphatic carbocycles. The van der Waals surface area contributed by atoms with Crippen molar-refractivity contribution in [1.82, 2.24) is 0 Å². The number of nitrogens with zero attached hydrogens (tertiary/aromatic N) is 1. The van der Waals surface area contributed by atoms with Gasteiger partial charge in [-0.1, -0.05) is 0 Å². The summed E-state index contributed by atoms with van der Waals surface area (Å²) < 4.78 is 32.1. The number of amides is 1. The quantitative estimate of drug-likeness (QED) is 0.835. The molecule has 7 nitrogen and oxygen atoms in total. The van der Waals surface area contributed by atoms with E-state index in [1.165, 1.54) is 31.4 Å². The van der Waals surface area contributed by atoms with Crippen molar-refractivity contribution in [2.24, 2.45) is 0 Å². The maximum atomic E-state index is 12.3. The van der Waals surface area contributed by atoms with E-state index in [4.69, 9.17) is 10.00 Å². The summed E-state index contributed by atoms with van der Waals surface area (Å²) in [4.78, 5) is 11.4. The molecular weight excluding hydrogens is 330 g/mol. The summed E-state index contributed by atoms with van der Waals surface area (Å²) in [6.45, 7) is 0. The van der Waals surface area contributed by atoms with E-state index in [1.807, 2.05) is 0 Å². The molecule has 0 aliphatic heterocycles. The lowest BCUT2D eigenvalue weighted by atomic mass is 10.3. The molecule has 0 spiro atoms. The number of nitrogens with one attached hydrogen (secondary N) is 2. The van der Waals surface area contributed by atoms with Crippen LogP contribution in [0.5, 0.6) is 5.75 Å². The molecule has 8 heteroatoms. The first-order chi connectivity index (χ1) is 11.4. The Morgan fingerprint density at radius 3 is 2.21 bits per heavy atom. The number of methoxy groups -OCH3 is 1. The summed E-state index contributed by atoms with van der Waals surface area (Å²) in [7, 11) is -2.22. The van der Waals surface area contributed by atoms with Crippen LogP contribution in [0, 0.1) is 11.3 Å². The van der Waals surface area contributed by atoms with Gasteiger partial charge in [0.05, 0.1) is 18.1 Å². The van der Waals surface area contributed by atoms with Gasteiger partial charge in [-0.15, -0.1) is 0 Å². The molecule has 0 aliphatic rings. The maximum absolute atomic E-state index is 12.3. The molecule has 2 rings (SSSR count). The van der Waals surface area contributed by atoms with Crippen LogP contribution < -0.4 is 14.8 Å². The van der Waals surface area contributed by atoms with Gasteiger partial charge >= 0.3 is 0 Å². The Balaban J connectivity index is 2.11. The lowest BCUT2D eigenvalue weighted by Crippen LogP contribution is -2.13. The minimum atomic E-state index is -3.74. The molecule has 0 atom stereocenters. The van der Waals surface area contributed by atoms with Crippen molar-refractivity contribution in [1.29, 1.82) is 5.26 Å². The van der Waals surface area contributed by atoms with E-state index in [1.54, 1.807) is 30.3 Å². The summed E-state index contributed by atoms with van der Waals surface area (Å²) in [6, 6.07) is 13.9. The minimum absolute atomic E-state index is 0.0524. The number of rotatable bonds is 6. The number of hydrogen-bond acceptors (Lipinski definition) is 5. The molecule has 2 aromatic carbocycles. The van der Waals surface area contributed by atoms with Gasteiger partial charge in [-0.25, -0.2) is 8.42 Å². The Bertz CT molecular complexity index is 854. The highest BCUT2D eigenvalue weighted by Gasteiger charge is 2.14. The Morgan fingerprint density at radius 1 is 1.08 bits per heavy atom. The van der Waals surface area contributed by atoms with Gasteiger partial charge in [0, 0.05) is 11.4 Å². The first-order valence-electron chi connectivity index (χ1n) is 6.88. The molecule has 2 aromatic rings. The standard InChI is InChI=1S/C16H15N3O4S/c1-23-14-6-2-13(3-7-14)19-24(21,22)15-8-4-12(5-9-15)18-16(20)10-11-17/h2-9,19H,10H2,1H3,(H,18,20). The van der Waals surface area contributed by atoms with Crippen LogP contribution in [0.2, 0.25) is 0 Å². The highest BCUT2D eigenvalue weighted by molar-refractivity contribution is 7.92. The molecule has 0 aromatic heterocycles. The van der Waals surface area contributed by atoms with Crippen LogP contribution >= 0.6 is 0 Å². The first kappa shape index (κ1) is 17.3.